The molecule has 2 aromatic carbocycles. The number of carbonyl (C=O) groups excluding carboxylic acids is 1. The van der Waals surface area contributed by atoms with E-state index in [2.05, 4.69) is 26.8 Å². The van der Waals surface area contributed by atoms with Gasteiger partial charge in [-0.25, -0.2) is 23.2 Å². The molecule has 0 radical (unpaired) electrons. The number of thiophene rings is 1. The molecule has 3 heterocycles. The number of aromatic nitrogens is 2. The minimum Gasteiger partial charge on any atom is -0.276 e. The molecule has 1 aliphatic heterocycles. The molecular weight excluding hydrogens is 694 g/mol. The normalized spacial score (nSPS) is 15.7. The Morgan fingerprint density at radius 2 is 1.77 bits per heavy atom. The molecule has 0 atom stereocenters. The van der Waals surface area contributed by atoms with Gasteiger partial charge < -0.3 is 0 Å². The summed E-state index contributed by atoms with van der Waals surface area (Å²) in [6, 6.07) is 12.9. The Kier molecular flexibility index (Phi) is 9.71. The SMILES string of the molecule is O=C(c1n[nH]c(-c2ccc(C#Cc3ccc(C(F)(F)F)cc3)s2)c1CNS(=O)(=O)C1CC1)N(c1ccc(Cl)cc1Cl)N1CCCCC1. The van der Waals surface area contributed by atoms with Crippen LogP contribution in [0.1, 0.15) is 64.2 Å². The zero-order chi connectivity index (χ0) is 33.3. The van der Waals surface area contributed by atoms with Gasteiger partial charge in [-0.3, -0.25) is 9.89 Å². The lowest BCUT2D eigenvalue weighted by atomic mass is 10.1. The highest BCUT2D eigenvalue weighted by molar-refractivity contribution is 7.90. The standard InChI is InChI=1S/C32H28Cl2F3N5O3S2/c33-22-9-14-27(26(34)18-22)42(41-16-2-1-3-17-41)31(43)30-25(19-38-47(44,45)24-12-13-24)29(39-40-30)28-15-11-23(46-28)10-6-20-4-7-21(8-5-20)32(35,36)37/h4-5,7-9,11,14-15,18,24,38H,1-3,12-13,16-17,19H2,(H,39,40). The highest BCUT2D eigenvalue weighted by Gasteiger charge is 2.37. The van der Waals surface area contributed by atoms with E-state index in [9.17, 15) is 26.4 Å². The maximum absolute atomic E-state index is 14.4. The molecule has 2 aliphatic rings. The van der Waals surface area contributed by atoms with Gasteiger partial charge in [-0.15, -0.1) is 11.3 Å². The first-order chi connectivity index (χ1) is 22.4. The summed E-state index contributed by atoms with van der Waals surface area (Å²) in [5, 5.41) is 11.0. The number of nitrogens with one attached hydrogen (secondary N) is 2. The Morgan fingerprint density at radius 3 is 2.43 bits per heavy atom. The molecule has 0 bridgehead atoms. The molecule has 0 unspecified atom stereocenters. The highest BCUT2D eigenvalue weighted by Crippen LogP contribution is 2.36. The van der Waals surface area contributed by atoms with Gasteiger partial charge in [-0.2, -0.15) is 18.3 Å². The van der Waals surface area contributed by atoms with Crippen LogP contribution in [0.2, 0.25) is 10.0 Å². The zero-order valence-corrected chi connectivity index (χ0v) is 27.8. The van der Waals surface area contributed by atoms with Crippen LogP contribution in [-0.4, -0.2) is 47.9 Å². The average Bonchev–Trinajstić information content (AvgIpc) is 3.67. The number of alkyl halides is 3. The molecule has 6 rings (SSSR count). The summed E-state index contributed by atoms with van der Waals surface area (Å²) in [6.45, 7) is 1.04. The number of aromatic amines is 1. The molecule has 47 heavy (non-hydrogen) atoms. The summed E-state index contributed by atoms with van der Waals surface area (Å²) < 4.78 is 67.1. The number of anilines is 1. The molecule has 4 aromatic rings. The van der Waals surface area contributed by atoms with Crippen molar-refractivity contribution in [3.8, 4) is 22.4 Å². The van der Waals surface area contributed by atoms with Crippen LogP contribution in [0.4, 0.5) is 18.9 Å². The molecule has 15 heteroatoms. The van der Waals surface area contributed by atoms with Crippen molar-refractivity contribution in [2.45, 2.75) is 50.1 Å². The van der Waals surface area contributed by atoms with Crippen molar-refractivity contribution in [2.24, 2.45) is 0 Å². The first-order valence-electron chi connectivity index (χ1n) is 14.8. The molecular formula is C32H28Cl2F3N5O3S2. The summed E-state index contributed by atoms with van der Waals surface area (Å²) in [5.74, 6) is 5.35. The monoisotopic (exact) mass is 721 g/mol. The lowest BCUT2D eigenvalue weighted by Crippen LogP contribution is -2.49. The van der Waals surface area contributed by atoms with E-state index in [-0.39, 0.29) is 17.3 Å². The first-order valence-corrected chi connectivity index (χ1v) is 17.9. The van der Waals surface area contributed by atoms with Gasteiger partial charge in [0.15, 0.2) is 5.69 Å². The predicted octanol–water partition coefficient (Wildman–Crippen LogP) is 7.49. The topological polar surface area (TPSA) is 98.4 Å². The van der Waals surface area contributed by atoms with Crippen molar-refractivity contribution in [1.29, 1.82) is 0 Å². The Bertz CT molecular complexity index is 1960. The van der Waals surface area contributed by atoms with Crippen molar-refractivity contribution in [3.63, 3.8) is 0 Å². The number of carbonyl (C=O) groups is 1. The number of benzene rings is 2. The van der Waals surface area contributed by atoms with E-state index < -0.39 is 32.9 Å². The summed E-state index contributed by atoms with van der Waals surface area (Å²) >= 11 is 14.0. The van der Waals surface area contributed by atoms with Crippen LogP contribution in [0.25, 0.3) is 10.6 Å². The molecule has 1 saturated carbocycles. The fourth-order valence-corrected chi connectivity index (χ4v) is 7.93. The maximum atomic E-state index is 14.4. The third-order valence-corrected chi connectivity index (χ3v) is 11.3. The van der Waals surface area contributed by atoms with Crippen LogP contribution in [0.3, 0.4) is 0 Å². The smallest absolute Gasteiger partial charge is 0.276 e. The Morgan fingerprint density at radius 1 is 1.04 bits per heavy atom. The zero-order valence-electron chi connectivity index (χ0n) is 24.7. The van der Waals surface area contributed by atoms with Gasteiger partial charge >= 0.3 is 6.18 Å². The van der Waals surface area contributed by atoms with Gasteiger partial charge in [0, 0.05) is 35.8 Å². The second-order valence-corrected chi connectivity index (χ2v) is 15.2. The largest absolute Gasteiger partial charge is 0.416 e. The highest BCUT2D eigenvalue weighted by atomic mass is 35.5. The van der Waals surface area contributed by atoms with Crippen molar-refractivity contribution < 1.29 is 26.4 Å². The van der Waals surface area contributed by atoms with Gasteiger partial charge in [-0.1, -0.05) is 41.5 Å². The molecule has 0 spiro atoms. The number of sulfonamides is 1. The molecule has 2 aromatic heterocycles. The Labute approximate surface area is 283 Å². The number of nitrogens with zero attached hydrogens (tertiary/aromatic N) is 3. The van der Waals surface area contributed by atoms with E-state index in [1.54, 1.807) is 30.3 Å². The van der Waals surface area contributed by atoms with Crippen molar-refractivity contribution in [3.05, 3.63) is 91.9 Å². The Hall–Kier alpha value is -3.38. The number of amides is 1. The van der Waals surface area contributed by atoms with Crippen LogP contribution >= 0.6 is 34.5 Å². The minimum absolute atomic E-state index is 0.0286. The van der Waals surface area contributed by atoms with Crippen molar-refractivity contribution in [1.82, 2.24) is 19.9 Å². The van der Waals surface area contributed by atoms with Crippen molar-refractivity contribution in [2.75, 3.05) is 18.1 Å². The number of hydrazine groups is 1. The minimum atomic E-state index is -4.44. The number of halogens is 5. The number of rotatable bonds is 8. The average molecular weight is 723 g/mol. The lowest BCUT2D eigenvalue weighted by Gasteiger charge is -2.37. The van der Waals surface area contributed by atoms with Crippen LogP contribution in [0, 0.1) is 11.8 Å². The fourth-order valence-electron chi connectivity index (χ4n) is 5.22. The van der Waals surface area contributed by atoms with Crippen LogP contribution in [0.5, 0.6) is 0 Å². The lowest BCUT2D eigenvalue weighted by molar-refractivity contribution is -0.137. The van der Waals surface area contributed by atoms with Gasteiger partial charge in [0.05, 0.1) is 37.0 Å². The predicted molar refractivity (Wildman–Crippen MR) is 177 cm³/mol. The van der Waals surface area contributed by atoms with Gasteiger partial charge in [0.1, 0.15) is 0 Å². The molecule has 2 N–H and O–H groups in total. The molecule has 1 saturated heterocycles. The van der Waals surface area contributed by atoms with Gasteiger partial charge in [0.2, 0.25) is 10.0 Å². The van der Waals surface area contributed by atoms with E-state index in [4.69, 9.17) is 23.2 Å². The van der Waals surface area contributed by atoms with E-state index in [1.165, 1.54) is 28.5 Å². The molecule has 2 fully saturated rings. The van der Waals surface area contributed by atoms with Crippen LogP contribution in [-0.2, 0) is 22.7 Å². The number of hydrogen-bond acceptors (Lipinski definition) is 6. The second kappa shape index (κ2) is 13.6. The van der Waals surface area contributed by atoms with Gasteiger partial charge in [-0.05, 0) is 80.3 Å². The van der Waals surface area contributed by atoms with Gasteiger partial charge in [0.25, 0.3) is 5.91 Å². The third-order valence-electron chi connectivity index (χ3n) is 7.82. The van der Waals surface area contributed by atoms with E-state index >= 15 is 0 Å². The van der Waals surface area contributed by atoms with Crippen molar-refractivity contribution >= 4 is 56.2 Å². The van der Waals surface area contributed by atoms with E-state index in [0.29, 0.717) is 63.2 Å². The molecule has 8 nitrogen and oxygen atoms in total. The Balaban J connectivity index is 1.35. The fraction of sp³-hybridized carbons (Fsp3) is 0.312. The van der Waals surface area contributed by atoms with E-state index in [1.807, 2.05) is 5.01 Å². The maximum Gasteiger partial charge on any atom is 0.416 e. The number of H-pyrrole nitrogens is 1. The quantitative estimate of drug-likeness (QED) is 0.184. The molecule has 1 aliphatic carbocycles. The third kappa shape index (κ3) is 7.69. The van der Waals surface area contributed by atoms with Crippen LogP contribution < -0.4 is 9.73 Å². The first kappa shape index (κ1) is 33.5. The second-order valence-electron chi connectivity index (χ2n) is 11.2. The molecule has 246 valence electrons. The van der Waals surface area contributed by atoms with E-state index in [0.717, 1.165) is 31.4 Å². The summed E-state index contributed by atoms with van der Waals surface area (Å²) in [5.41, 5.74) is 0.912. The molecule has 1 amide bonds. The summed E-state index contributed by atoms with van der Waals surface area (Å²) in [6.07, 6.45) is -0.516. The van der Waals surface area contributed by atoms with Crippen LogP contribution in [0.15, 0.2) is 54.6 Å². The number of piperidine rings is 1. The number of hydrogen-bond donors (Lipinski definition) is 2. The summed E-state index contributed by atoms with van der Waals surface area (Å²) in [7, 11) is -3.61. The summed E-state index contributed by atoms with van der Waals surface area (Å²) in [4.78, 5) is 15.7.